The van der Waals surface area contributed by atoms with Gasteiger partial charge in [0.05, 0.1) is 6.10 Å². The summed E-state index contributed by atoms with van der Waals surface area (Å²) in [6.45, 7) is 9.14. The summed E-state index contributed by atoms with van der Waals surface area (Å²) < 4.78 is 0. The molecular weight excluding hydrogens is 288 g/mol. The lowest BCUT2D eigenvalue weighted by molar-refractivity contribution is 0.201. The number of aliphatic hydroxyl groups excluding tert-OH is 2. The minimum absolute atomic E-state index is 0.196. The van der Waals surface area contributed by atoms with Crippen molar-refractivity contribution in [2.75, 3.05) is 6.61 Å². The minimum atomic E-state index is -1.24. The van der Waals surface area contributed by atoms with E-state index in [2.05, 4.69) is 44.1 Å². The van der Waals surface area contributed by atoms with E-state index in [0.717, 1.165) is 19.3 Å². The third kappa shape index (κ3) is 15.3. The molecule has 0 rings (SSSR count). The summed E-state index contributed by atoms with van der Waals surface area (Å²) in [5, 5.41) is 18.3. The van der Waals surface area contributed by atoms with E-state index < -0.39 is 14.2 Å². The fourth-order valence-corrected chi connectivity index (χ4v) is 2.31. The zero-order chi connectivity index (χ0) is 16.8. The van der Waals surface area contributed by atoms with Crippen molar-refractivity contribution in [1.29, 1.82) is 0 Å². The molecule has 22 heavy (non-hydrogen) atoms. The topological polar surface area (TPSA) is 40.5 Å². The molecule has 0 aliphatic heterocycles. The maximum Gasteiger partial charge on any atom is 0.129 e. The van der Waals surface area contributed by atoms with Gasteiger partial charge in [-0.3, -0.25) is 0 Å². The molecule has 0 aliphatic carbocycles. The zero-order valence-corrected chi connectivity index (χ0v) is 15.5. The van der Waals surface area contributed by atoms with Gasteiger partial charge in [0.2, 0.25) is 0 Å². The summed E-state index contributed by atoms with van der Waals surface area (Å²) in [5.74, 6) is 3.75. The number of allylic oxidation sites excluding steroid dienone is 5. The Morgan fingerprint density at radius 3 is 2.23 bits per heavy atom. The van der Waals surface area contributed by atoms with Crippen LogP contribution in [0.1, 0.15) is 32.6 Å². The van der Waals surface area contributed by atoms with Crippen LogP contribution in [0, 0.1) is 17.4 Å². The van der Waals surface area contributed by atoms with Crippen LogP contribution in [0.2, 0.25) is 19.6 Å². The Labute approximate surface area is 137 Å². The molecule has 0 saturated carbocycles. The first kappa shape index (κ1) is 20.9. The van der Waals surface area contributed by atoms with E-state index in [4.69, 9.17) is 5.11 Å². The maximum atomic E-state index is 9.65. The van der Waals surface area contributed by atoms with Crippen molar-refractivity contribution in [2.45, 2.75) is 58.4 Å². The van der Waals surface area contributed by atoms with E-state index in [0.29, 0.717) is 12.3 Å². The average Bonchev–Trinajstić information content (AvgIpc) is 2.41. The lowest BCUT2D eigenvalue weighted by Crippen LogP contribution is -2.16. The molecule has 124 valence electrons. The molecule has 0 radical (unpaired) electrons. The van der Waals surface area contributed by atoms with Gasteiger partial charge in [-0.05, 0) is 25.2 Å². The van der Waals surface area contributed by atoms with E-state index in [1.807, 2.05) is 24.3 Å². The summed E-state index contributed by atoms with van der Waals surface area (Å²) >= 11 is 0. The molecule has 0 heterocycles. The Balaban J connectivity index is 3.97. The summed E-state index contributed by atoms with van der Waals surface area (Å²) in [6, 6.07) is 0. The third-order valence-electron chi connectivity index (χ3n) is 2.90. The highest BCUT2D eigenvalue weighted by atomic mass is 28.3. The molecule has 0 spiro atoms. The summed E-state index contributed by atoms with van der Waals surface area (Å²) in [7, 11) is -1.24. The second kappa shape index (κ2) is 12.5. The summed E-state index contributed by atoms with van der Waals surface area (Å²) in [4.78, 5) is 0. The lowest BCUT2D eigenvalue weighted by atomic mass is 10.1. The number of hydrogen-bond donors (Lipinski definition) is 2. The van der Waals surface area contributed by atoms with Gasteiger partial charge in [-0.25, -0.2) is 0 Å². The largest absolute Gasteiger partial charge is 0.396 e. The van der Waals surface area contributed by atoms with Gasteiger partial charge in [0.15, 0.2) is 0 Å². The maximum absolute atomic E-state index is 9.65. The van der Waals surface area contributed by atoms with E-state index >= 15 is 0 Å². The molecule has 0 fully saturated rings. The van der Waals surface area contributed by atoms with Crippen LogP contribution in [0.4, 0.5) is 0 Å². The lowest BCUT2D eigenvalue weighted by Gasteiger charge is -2.04. The molecule has 2 nitrogen and oxygen atoms in total. The number of hydrogen-bond acceptors (Lipinski definition) is 2. The van der Waals surface area contributed by atoms with E-state index in [-0.39, 0.29) is 6.61 Å². The van der Waals surface area contributed by atoms with Gasteiger partial charge in [0, 0.05) is 13.0 Å². The normalized spacial score (nSPS) is 15.4. The van der Waals surface area contributed by atoms with Crippen LogP contribution in [0.5, 0.6) is 0 Å². The molecule has 0 aliphatic rings. The minimum Gasteiger partial charge on any atom is -0.396 e. The van der Waals surface area contributed by atoms with Gasteiger partial charge in [-0.1, -0.05) is 63.0 Å². The predicted molar refractivity (Wildman–Crippen MR) is 99.3 cm³/mol. The molecule has 0 bridgehead atoms. The summed E-state index contributed by atoms with van der Waals surface area (Å²) in [5.41, 5.74) is 3.38. The second-order valence-electron chi connectivity index (χ2n) is 6.67. The van der Waals surface area contributed by atoms with E-state index in [1.165, 1.54) is 0 Å². The first-order valence-corrected chi connectivity index (χ1v) is 11.7. The Bertz CT molecular complexity index is 419. The Morgan fingerprint density at radius 1 is 1.00 bits per heavy atom. The molecule has 0 aromatic carbocycles. The summed E-state index contributed by atoms with van der Waals surface area (Å²) in [6.07, 6.45) is 14.5. The van der Waals surface area contributed by atoms with Crippen molar-refractivity contribution in [2.24, 2.45) is 5.92 Å². The predicted octanol–water partition coefficient (Wildman–Crippen LogP) is 4.09. The zero-order valence-electron chi connectivity index (χ0n) is 14.5. The van der Waals surface area contributed by atoms with Crippen LogP contribution in [0.15, 0.2) is 36.5 Å². The molecule has 0 aromatic rings. The monoisotopic (exact) mass is 320 g/mol. The number of rotatable bonds is 9. The fourth-order valence-electron chi connectivity index (χ4n) is 1.68. The van der Waals surface area contributed by atoms with Crippen molar-refractivity contribution in [3.8, 4) is 11.5 Å². The molecular formula is C19H32O2Si. The molecule has 2 N–H and O–H groups in total. The first-order valence-electron chi connectivity index (χ1n) is 8.16. The van der Waals surface area contributed by atoms with Crippen molar-refractivity contribution in [3.05, 3.63) is 36.5 Å². The van der Waals surface area contributed by atoms with Crippen LogP contribution in [-0.2, 0) is 0 Å². The van der Waals surface area contributed by atoms with Gasteiger partial charge < -0.3 is 10.2 Å². The van der Waals surface area contributed by atoms with E-state index in [9.17, 15) is 5.11 Å². The average molecular weight is 321 g/mol. The number of unbranched alkanes of at least 4 members (excludes halogenated alkanes) is 1. The van der Waals surface area contributed by atoms with Gasteiger partial charge in [-0.15, -0.1) is 11.5 Å². The SMILES string of the molecule is C[C@@H](/C=C/C=C/C=C\[C@@H](O)CCCCO)CC#C[Si](C)(C)C. The van der Waals surface area contributed by atoms with Crippen molar-refractivity contribution >= 4 is 8.07 Å². The molecule has 0 saturated heterocycles. The molecule has 2 atom stereocenters. The highest BCUT2D eigenvalue weighted by molar-refractivity contribution is 6.83. The highest BCUT2D eigenvalue weighted by Crippen LogP contribution is 2.04. The molecule has 3 heteroatoms. The van der Waals surface area contributed by atoms with Crippen LogP contribution >= 0.6 is 0 Å². The third-order valence-corrected chi connectivity index (χ3v) is 3.83. The second-order valence-corrected chi connectivity index (χ2v) is 11.4. The van der Waals surface area contributed by atoms with Crippen molar-refractivity contribution in [1.82, 2.24) is 0 Å². The Hall–Kier alpha value is -1.08. The van der Waals surface area contributed by atoms with Crippen LogP contribution in [0.3, 0.4) is 0 Å². The van der Waals surface area contributed by atoms with Gasteiger partial charge in [-0.2, -0.15) is 0 Å². The van der Waals surface area contributed by atoms with Gasteiger partial charge in [0.1, 0.15) is 8.07 Å². The first-order chi connectivity index (χ1) is 10.3. The van der Waals surface area contributed by atoms with Crippen LogP contribution in [0.25, 0.3) is 0 Å². The standard InChI is InChI=1S/C19H32O2Si/c1-18(13-11-17-22(2,3)4)12-7-5-6-8-14-19(21)15-9-10-16-20/h5-8,12,14,18-21H,9-10,13,15-16H2,1-4H3/b6-5+,12-7+,14-8-/t18-,19+/m0/s1. The molecule has 0 aromatic heterocycles. The molecule has 0 unspecified atom stereocenters. The highest BCUT2D eigenvalue weighted by Gasteiger charge is 2.07. The quantitative estimate of drug-likeness (QED) is 0.291. The van der Waals surface area contributed by atoms with E-state index in [1.54, 1.807) is 6.08 Å². The van der Waals surface area contributed by atoms with Crippen LogP contribution in [-0.4, -0.2) is 31.0 Å². The van der Waals surface area contributed by atoms with Crippen molar-refractivity contribution in [3.63, 3.8) is 0 Å². The Kier molecular flexibility index (Phi) is 11.8. The number of aliphatic hydroxyl groups is 2. The van der Waals surface area contributed by atoms with Gasteiger partial charge >= 0.3 is 0 Å². The van der Waals surface area contributed by atoms with Gasteiger partial charge in [0.25, 0.3) is 0 Å². The fraction of sp³-hybridized carbons (Fsp3) is 0.579. The van der Waals surface area contributed by atoms with Crippen LogP contribution < -0.4 is 0 Å². The molecule has 0 amide bonds. The Morgan fingerprint density at radius 2 is 1.64 bits per heavy atom. The van der Waals surface area contributed by atoms with Crippen molar-refractivity contribution < 1.29 is 10.2 Å². The smallest absolute Gasteiger partial charge is 0.129 e.